The number of hydrogen-bond acceptors (Lipinski definition) is 4. The number of rotatable bonds is 6. The lowest BCUT2D eigenvalue weighted by Crippen LogP contribution is -2.42. The number of benzene rings is 1. The Kier molecular flexibility index (Phi) is 5.08. The summed E-state index contributed by atoms with van der Waals surface area (Å²) in [5.41, 5.74) is 3.14. The van der Waals surface area contributed by atoms with Crippen LogP contribution in [-0.4, -0.2) is 33.4 Å². The number of nitrogens with zero attached hydrogens (tertiary/aromatic N) is 1. The zero-order chi connectivity index (χ0) is 16.9. The molecule has 2 aromatic heterocycles. The Balaban J connectivity index is 1.65. The molecule has 0 bridgehead atoms. The van der Waals surface area contributed by atoms with Crippen molar-refractivity contribution in [3.8, 4) is 11.3 Å². The fourth-order valence-corrected chi connectivity index (χ4v) is 3.14. The Hall–Kier alpha value is -2.44. The van der Waals surface area contributed by atoms with Crippen molar-refractivity contribution in [1.29, 1.82) is 0 Å². The fourth-order valence-electron chi connectivity index (χ4n) is 2.50. The molecule has 124 valence electrons. The quantitative estimate of drug-likeness (QED) is 0.645. The Morgan fingerprint density at radius 1 is 1.33 bits per heavy atom. The summed E-state index contributed by atoms with van der Waals surface area (Å²) in [6.07, 6.45) is 1.34. The molecule has 0 saturated heterocycles. The van der Waals surface area contributed by atoms with Gasteiger partial charge in [-0.15, -0.1) is 0 Å². The molecule has 3 aromatic rings. The SMILES string of the molecule is C[C@H](NC(=O)c1cn[nH]c1-c1ccsc1)[C@@H](O)Cc1ccccc1. The molecule has 6 heteroatoms. The summed E-state index contributed by atoms with van der Waals surface area (Å²) in [6, 6.07) is 11.3. The third-order valence-electron chi connectivity index (χ3n) is 3.92. The van der Waals surface area contributed by atoms with E-state index in [0.29, 0.717) is 17.7 Å². The number of hydrogen-bond donors (Lipinski definition) is 3. The number of aliphatic hydroxyl groups excluding tert-OH is 1. The number of nitrogens with one attached hydrogen (secondary N) is 2. The number of H-pyrrole nitrogens is 1. The summed E-state index contributed by atoms with van der Waals surface area (Å²) >= 11 is 1.56. The fraction of sp³-hybridized carbons (Fsp3) is 0.222. The number of carbonyl (C=O) groups excluding carboxylic acids is 1. The molecule has 0 saturated carbocycles. The molecule has 2 heterocycles. The minimum absolute atomic E-state index is 0.246. The number of carbonyl (C=O) groups is 1. The zero-order valence-corrected chi connectivity index (χ0v) is 14.1. The molecule has 24 heavy (non-hydrogen) atoms. The van der Waals surface area contributed by atoms with Crippen molar-refractivity contribution in [1.82, 2.24) is 15.5 Å². The Labute approximate surface area is 144 Å². The normalized spacial score (nSPS) is 13.4. The number of thiophene rings is 1. The molecule has 1 amide bonds. The standard InChI is InChI=1S/C18H19N3O2S/c1-12(16(22)9-13-5-3-2-4-6-13)20-18(23)15-10-19-21-17(15)14-7-8-24-11-14/h2-8,10-12,16,22H,9H2,1H3,(H,19,21)(H,20,23)/t12-,16-/m0/s1. The van der Waals surface area contributed by atoms with Crippen LogP contribution >= 0.6 is 11.3 Å². The largest absolute Gasteiger partial charge is 0.391 e. The molecule has 5 nitrogen and oxygen atoms in total. The van der Waals surface area contributed by atoms with Crippen LogP contribution in [0.1, 0.15) is 22.8 Å². The highest BCUT2D eigenvalue weighted by Gasteiger charge is 2.21. The highest BCUT2D eigenvalue weighted by molar-refractivity contribution is 7.08. The van der Waals surface area contributed by atoms with Crippen LogP contribution in [0.5, 0.6) is 0 Å². The average Bonchev–Trinajstić information content (AvgIpc) is 3.26. The van der Waals surface area contributed by atoms with Gasteiger partial charge >= 0.3 is 0 Å². The van der Waals surface area contributed by atoms with Gasteiger partial charge in [-0.3, -0.25) is 9.89 Å². The lowest BCUT2D eigenvalue weighted by Gasteiger charge is -2.20. The van der Waals surface area contributed by atoms with Crippen LogP contribution in [0.25, 0.3) is 11.3 Å². The van der Waals surface area contributed by atoms with Crippen LogP contribution in [0, 0.1) is 0 Å². The lowest BCUT2D eigenvalue weighted by molar-refractivity contribution is 0.0852. The first-order valence-corrected chi connectivity index (χ1v) is 8.68. The minimum Gasteiger partial charge on any atom is -0.391 e. The first-order chi connectivity index (χ1) is 11.6. The maximum absolute atomic E-state index is 12.5. The number of amides is 1. The van der Waals surface area contributed by atoms with Gasteiger partial charge in [-0.25, -0.2) is 0 Å². The highest BCUT2D eigenvalue weighted by Crippen LogP contribution is 2.23. The van der Waals surface area contributed by atoms with E-state index in [0.717, 1.165) is 11.1 Å². The predicted molar refractivity (Wildman–Crippen MR) is 95.0 cm³/mol. The molecule has 0 aliphatic heterocycles. The van der Waals surface area contributed by atoms with Crippen molar-refractivity contribution in [3.63, 3.8) is 0 Å². The first-order valence-electron chi connectivity index (χ1n) is 7.74. The third kappa shape index (κ3) is 3.72. The van der Waals surface area contributed by atoms with E-state index in [9.17, 15) is 9.90 Å². The van der Waals surface area contributed by atoms with Gasteiger partial charge in [0.1, 0.15) is 0 Å². The Bertz CT molecular complexity index is 784. The van der Waals surface area contributed by atoms with E-state index >= 15 is 0 Å². The zero-order valence-electron chi connectivity index (χ0n) is 13.3. The van der Waals surface area contributed by atoms with E-state index in [1.165, 1.54) is 6.20 Å². The number of aromatic nitrogens is 2. The molecule has 2 atom stereocenters. The van der Waals surface area contributed by atoms with Gasteiger partial charge in [0, 0.05) is 17.4 Å². The van der Waals surface area contributed by atoms with Gasteiger partial charge in [0.25, 0.3) is 5.91 Å². The van der Waals surface area contributed by atoms with Crippen LogP contribution in [0.2, 0.25) is 0 Å². The van der Waals surface area contributed by atoms with Crippen LogP contribution in [0.4, 0.5) is 0 Å². The average molecular weight is 341 g/mol. The molecule has 0 radical (unpaired) electrons. The van der Waals surface area contributed by atoms with Gasteiger partial charge in [-0.2, -0.15) is 16.4 Å². The molecule has 0 fully saturated rings. The topological polar surface area (TPSA) is 78.0 Å². The maximum atomic E-state index is 12.5. The van der Waals surface area contributed by atoms with Gasteiger partial charge in [-0.1, -0.05) is 30.3 Å². The van der Waals surface area contributed by atoms with Gasteiger partial charge in [-0.05, 0) is 23.9 Å². The number of aromatic amines is 1. The number of aliphatic hydroxyl groups is 1. The van der Waals surface area contributed by atoms with Gasteiger partial charge in [0.15, 0.2) is 0 Å². The molecule has 0 unspecified atom stereocenters. The van der Waals surface area contributed by atoms with Gasteiger partial charge < -0.3 is 10.4 Å². The summed E-state index contributed by atoms with van der Waals surface area (Å²) in [6.45, 7) is 1.80. The second-order valence-electron chi connectivity index (χ2n) is 5.69. The van der Waals surface area contributed by atoms with Crippen molar-refractivity contribution < 1.29 is 9.90 Å². The Morgan fingerprint density at radius 2 is 2.12 bits per heavy atom. The molecule has 0 aliphatic rings. The van der Waals surface area contributed by atoms with Crippen molar-refractivity contribution >= 4 is 17.2 Å². The minimum atomic E-state index is -0.659. The van der Waals surface area contributed by atoms with Crippen LogP contribution < -0.4 is 5.32 Å². The van der Waals surface area contributed by atoms with E-state index in [1.807, 2.05) is 47.2 Å². The van der Waals surface area contributed by atoms with E-state index in [4.69, 9.17) is 0 Å². The third-order valence-corrected chi connectivity index (χ3v) is 4.60. The van der Waals surface area contributed by atoms with Crippen LogP contribution in [0.3, 0.4) is 0 Å². The summed E-state index contributed by atoms with van der Waals surface area (Å²) in [4.78, 5) is 12.5. The Morgan fingerprint density at radius 3 is 2.83 bits per heavy atom. The second-order valence-corrected chi connectivity index (χ2v) is 6.47. The van der Waals surface area contributed by atoms with E-state index < -0.39 is 6.10 Å². The van der Waals surface area contributed by atoms with Crippen LogP contribution in [-0.2, 0) is 6.42 Å². The molecule has 0 aliphatic carbocycles. The predicted octanol–water partition coefficient (Wildman–Crippen LogP) is 2.86. The molecule has 3 N–H and O–H groups in total. The molecule has 0 spiro atoms. The lowest BCUT2D eigenvalue weighted by atomic mass is 10.0. The monoisotopic (exact) mass is 341 g/mol. The summed E-state index contributed by atoms with van der Waals surface area (Å²) in [5, 5.41) is 23.9. The van der Waals surface area contributed by atoms with E-state index in [-0.39, 0.29) is 11.9 Å². The second kappa shape index (κ2) is 7.42. The van der Waals surface area contributed by atoms with Gasteiger partial charge in [0.05, 0.1) is 29.6 Å². The van der Waals surface area contributed by atoms with Crippen LogP contribution in [0.15, 0.2) is 53.4 Å². The maximum Gasteiger partial charge on any atom is 0.255 e. The summed E-state index contributed by atoms with van der Waals surface area (Å²) < 4.78 is 0. The summed E-state index contributed by atoms with van der Waals surface area (Å²) in [5.74, 6) is -0.246. The smallest absolute Gasteiger partial charge is 0.255 e. The molecule has 3 rings (SSSR count). The van der Waals surface area contributed by atoms with Crippen molar-refractivity contribution in [2.75, 3.05) is 0 Å². The van der Waals surface area contributed by atoms with Crippen molar-refractivity contribution in [2.45, 2.75) is 25.5 Å². The van der Waals surface area contributed by atoms with E-state index in [1.54, 1.807) is 18.3 Å². The molecular formula is C18H19N3O2S. The van der Waals surface area contributed by atoms with Crippen molar-refractivity contribution in [2.24, 2.45) is 0 Å². The van der Waals surface area contributed by atoms with Gasteiger partial charge in [0.2, 0.25) is 0 Å². The highest BCUT2D eigenvalue weighted by atomic mass is 32.1. The summed E-state index contributed by atoms with van der Waals surface area (Å²) in [7, 11) is 0. The first kappa shape index (κ1) is 16.4. The van der Waals surface area contributed by atoms with Crippen molar-refractivity contribution in [3.05, 3.63) is 64.5 Å². The molecular weight excluding hydrogens is 322 g/mol. The molecule has 1 aromatic carbocycles. The van der Waals surface area contributed by atoms with E-state index in [2.05, 4.69) is 15.5 Å².